The van der Waals surface area contributed by atoms with E-state index in [1.165, 1.54) is 11.6 Å². The van der Waals surface area contributed by atoms with Crippen LogP contribution in [-0.4, -0.2) is 50.7 Å². The third-order valence-corrected chi connectivity index (χ3v) is 5.83. The molecule has 1 aliphatic rings. The zero-order valence-corrected chi connectivity index (χ0v) is 20.0. The van der Waals surface area contributed by atoms with E-state index >= 15 is 0 Å². The van der Waals surface area contributed by atoms with E-state index in [1.54, 1.807) is 19.9 Å². The SMILES string of the molecule is CCC1(C)NC(=O)N(NC(=O)COC(=O)C=Cc2c(C)nn(Cc3ccc(C)cc3)c2C)C1=O. The number of nitrogens with zero attached hydrogens (tertiary/aromatic N) is 3. The monoisotopic (exact) mass is 467 g/mol. The number of hydrogen-bond acceptors (Lipinski definition) is 6. The largest absolute Gasteiger partial charge is 0.452 e. The Bertz CT molecular complexity index is 1150. The van der Waals surface area contributed by atoms with E-state index < -0.39 is 36.0 Å². The number of carbonyl (C=O) groups excluding carboxylic acids is 4. The van der Waals surface area contributed by atoms with Crippen LogP contribution in [-0.2, 0) is 25.7 Å². The maximum absolute atomic E-state index is 12.3. The molecule has 0 saturated carbocycles. The van der Waals surface area contributed by atoms with Gasteiger partial charge in [0.05, 0.1) is 12.2 Å². The van der Waals surface area contributed by atoms with Crippen LogP contribution in [0.25, 0.3) is 6.08 Å². The Morgan fingerprint density at radius 3 is 2.47 bits per heavy atom. The number of urea groups is 1. The molecule has 4 amide bonds. The van der Waals surface area contributed by atoms with Gasteiger partial charge in [-0.2, -0.15) is 10.1 Å². The standard InChI is InChI=1S/C24H29N5O5/c1-6-24(5)22(32)29(23(33)25-24)27-20(30)14-34-21(31)12-11-19-16(3)26-28(17(19)4)13-18-9-7-15(2)8-10-18/h7-12H,6,13-14H2,1-5H3,(H,25,33)(H,27,30). The average Bonchev–Trinajstić information content (AvgIpc) is 3.18. The second kappa shape index (κ2) is 9.90. The van der Waals surface area contributed by atoms with Crippen LogP contribution in [0.15, 0.2) is 30.3 Å². The number of hydrazine groups is 1. The number of carbonyl (C=O) groups is 4. The number of nitrogens with one attached hydrogen (secondary N) is 2. The number of hydrogen-bond donors (Lipinski definition) is 2. The lowest BCUT2D eigenvalue weighted by atomic mass is 10.00. The minimum absolute atomic E-state index is 0.365. The summed E-state index contributed by atoms with van der Waals surface area (Å²) >= 11 is 0. The zero-order valence-electron chi connectivity index (χ0n) is 20.0. The number of imide groups is 1. The molecule has 180 valence electrons. The van der Waals surface area contributed by atoms with Crippen LogP contribution in [0.3, 0.4) is 0 Å². The normalized spacial score (nSPS) is 17.9. The first-order chi connectivity index (χ1) is 16.0. The Morgan fingerprint density at radius 1 is 1.18 bits per heavy atom. The van der Waals surface area contributed by atoms with Gasteiger partial charge in [-0.05, 0) is 45.8 Å². The second-order valence-electron chi connectivity index (χ2n) is 8.46. The summed E-state index contributed by atoms with van der Waals surface area (Å²) in [4.78, 5) is 48.4. The first kappa shape index (κ1) is 24.7. The minimum atomic E-state index is -1.08. The van der Waals surface area contributed by atoms with Gasteiger partial charge in [0, 0.05) is 17.3 Å². The number of aryl methyl sites for hydroxylation is 2. The van der Waals surface area contributed by atoms with Gasteiger partial charge in [-0.15, -0.1) is 0 Å². The van der Waals surface area contributed by atoms with Gasteiger partial charge in [0.1, 0.15) is 5.54 Å². The number of rotatable bonds is 8. The summed E-state index contributed by atoms with van der Waals surface area (Å²) in [6, 6.07) is 7.45. The van der Waals surface area contributed by atoms with E-state index in [4.69, 9.17) is 4.74 Å². The van der Waals surface area contributed by atoms with Crippen molar-refractivity contribution in [3.63, 3.8) is 0 Å². The van der Waals surface area contributed by atoms with Crippen LogP contribution >= 0.6 is 0 Å². The fourth-order valence-corrected chi connectivity index (χ4v) is 3.49. The molecule has 10 heteroatoms. The average molecular weight is 468 g/mol. The highest BCUT2D eigenvalue weighted by molar-refractivity contribution is 6.07. The van der Waals surface area contributed by atoms with Crippen molar-refractivity contribution in [3.8, 4) is 0 Å². The van der Waals surface area contributed by atoms with Gasteiger partial charge < -0.3 is 10.1 Å². The number of benzene rings is 1. The molecule has 2 aromatic rings. The van der Waals surface area contributed by atoms with Crippen molar-refractivity contribution >= 4 is 29.9 Å². The molecule has 0 aliphatic carbocycles. The zero-order chi connectivity index (χ0) is 25.0. The van der Waals surface area contributed by atoms with Gasteiger partial charge in [0.15, 0.2) is 6.61 Å². The van der Waals surface area contributed by atoms with Crippen LogP contribution in [0, 0.1) is 20.8 Å². The van der Waals surface area contributed by atoms with Crippen molar-refractivity contribution in [1.82, 2.24) is 25.5 Å². The highest BCUT2D eigenvalue weighted by Gasteiger charge is 2.47. The van der Waals surface area contributed by atoms with Crippen molar-refractivity contribution in [2.24, 2.45) is 0 Å². The molecule has 3 rings (SSSR count). The lowest BCUT2D eigenvalue weighted by Gasteiger charge is -2.19. The van der Waals surface area contributed by atoms with E-state index in [9.17, 15) is 19.2 Å². The van der Waals surface area contributed by atoms with Crippen molar-refractivity contribution in [3.05, 3.63) is 58.4 Å². The van der Waals surface area contributed by atoms with Crippen LogP contribution in [0.2, 0.25) is 0 Å². The molecule has 1 fully saturated rings. The highest BCUT2D eigenvalue weighted by atomic mass is 16.5. The maximum Gasteiger partial charge on any atom is 0.344 e. The Hall–Kier alpha value is -3.95. The van der Waals surface area contributed by atoms with Crippen molar-refractivity contribution < 1.29 is 23.9 Å². The molecule has 1 aromatic carbocycles. The van der Waals surface area contributed by atoms with Crippen molar-refractivity contribution in [1.29, 1.82) is 0 Å². The molecule has 1 atom stereocenters. The summed E-state index contributed by atoms with van der Waals surface area (Å²) < 4.78 is 6.81. The van der Waals surface area contributed by atoms with Crippen LogP contribution in [0.4, 0.5) is 4.79 Å². The molecule has 0 radical (unpaired) electrons. The van der Waals surface area contributed by atoms with Gasteiger partial charge in [-0.1, -0.05) is 36.8 Å². The molecule has 1 unspecified atom stereocenters. The highest BCUT2D eigenvalue weighted by Crippen LogP contribution is 2.19. The summed E-state index contributed by atoms with van der Waals surface area (Å²) in [5, 5.41) is 7.66. The Labute approximate surface area is 197 Å². The molecule has 1 saturated heterocycles. The summed E-state index contributed by atoms with van der Waals surface area (Å²) in [5.74, 6) is -2.12. The molecule has 34 heavy (non-hydrogen) atoms. The summed E-state index contributed by atoms with van der Waals surface area (Å²) in [6.45, 7) is 9.06. The van der Waals surface area contributed by atoms with Crippen LogP contribution in [0.5, 0.6) is 0 Å². The van der Waals surface area contributed by atoms with Crippen LogP contribution < -0.4 is 10.7 Å². The summed E-state index contributed by atoms with van der Waals surface area (Å²) in [5.41, 5.74) is 5.80. The van der Waals surface area contributed by atoms with Gasteiger partial charge in [-0.3, -0.25) is 19.7 Å². The maximum atomic E-state index is 12.3. The second-order valence-corrected chi connectivity index (χ2v) is 8.46. The van der Waals surface area contributed by atoms with Gasteiger partial charge in [-0.25, -0.2) is 9.59 Å². The van der Waals surface area contributed by atoms with Crippen LogP contribution in [0.1, 0.15) is 48.3 Å². The van der Waals surface area contributed by atoms with Gasteiger partial charge >= 0.3 is 12.0 Å². The fourth-order valence-electron chi connectivity index (χ4n) is 3.49. The molecule has 1 aromatic heterocycles. The van der Waals surface area contributed by atoms with E-state index in [-0.39, 0.29) is 0 Å². The number of aromatic nitrogens is 2. The lowest BCUT2D eigenvalue weighted by molar-refractivity contribution is -0.147. The Morgan fingerprint density at radius 2 is 1.85 bits per heavy atom. The van der Waals surface area contributed by atoms with E-state index in [0.717, 1.165) is 22.5 Å². The minimum Gasteiger partial charge on any atom is -0.452 e. The molecule has 0 spiro atoms. The van der Waals surface area contributed by atoms with Crippen molar-refractivity contribution in [2.75, 3.05) is 6.61 Å². The van der Waals surface area contributed by atoms with E-state index in [1.807, 2.05) is 49.7 Å². The lowest BCUT2D eigenvalue weighted by Crippen LogP contribution is -2.49. The third kappa shape index (κ3) is 5.33. The third-order valence-electron chi connectivity index (χ3n) is 5.83. The van der Waals surface area contributed by atoms with Crippen molar-refractivity contribution in [2.45, 2.75) is 53.1 Å². The topological polar surface area (TPSA) is 123 Å². The molecule has 1 aliphatic heterocycles. The first-order valence-electron chi connectivity index (χ1n) is 10.9. The summed E-state index contributed by atoms with van der Waals surface area (Å²) in [6.07, 6.45) is 3.17. The molecule has 0 bridgehead atoms. The number of amides is 4. The number of ether oxygens (including phenoxy) is 1. The predicted octanol–water partition coefficient (Wildman–Crippen LogP) is 2.16. The molecule has 2 heterocycles. The van der Waals surface area contributed by atoms with E-state index in [2.05, 4.69) is 15.8 Å². The summed E-state index contributed by atoms with van der Waals surface area (Å²) in [7, 11) is 0. The Balaban J connectivity index is 1.55. The first-order valence-corrected chi connectivity index (χ1v) is 10.9. The fraction of sp³-hybridized carbons (Fsp3) is 0.375. The van der Waals surface area contributed by atoms with E-state index in [0.29, 0.717) is 18.0 Å². The molecule has 2 N–H and O–H groups in total. The van der Waals surface area contributed by atoms with Gasteiger partial charge in [0.2, 0.25) is 0 Å². The number of esters is 1. The molecule has 10 nitrogen and oxygen atoms in total. The molecular formula is C24H29N5O5. The quantitative estimate of drug-likeness (QED) is 0.349. The smallest absolute Gasteiger partial charge is 0.344 e. The predicted molar refractivity (Wildman–Crippen MR) is 124 cm³/mol. The van der Waals surface area contributed by atoms with Gasteiger partial charge in [0.25, 0.3) is 11.8 Å². The Kier molecular flexibility index (Phi) is 7.19. The molecular weight excluding hydrogens is 438 g/mol.